The highest BCUT2D eigenvalue weighted by atomic mass is 32.2. The number of nitrogens with two attached hydrogens (primary N) is 1. The fourth-order valence-corrected chi connectivity index (χ4v) is 3.37. The molecule has 3 rings (SSSR count). The summed E-state index contributed by atoms with van der Waals surface area (Å²) in [6, 6.07) is 6.83. The first-order chi connectivity index (χ1) is 12.5. The lowest BCUT2D eigenvalue weighted by molar-refractivity contribution is -0.387. The lowest BCUT2D eigenvalue weighted by Gasteiger charge is -2.05. The van der Waals surface area contributed by atoms with Gasteiger partial charge in [0.05, 0.1) is 15.6 Å². The van der Waals surface area contributed by atoms with E-state index in [0.29, 0.717) is 11.0 Å². The van der Waals surface area contributed by atoms with Crippen LogP contribution in [0.15, 0.2) is 40.9 Å². The summed E-state index contributed by atoms with van der Waals surface area (Å²) in [6.07, 6.45) is 0. The maximum Gasteiger partial charge on any atom is 0.306 e. The lowest BCUT2D eigenvalue weighted by Crippen LogP contribution is -2.16. The molecule has 0 saturated heterocycles. The Morgan fingerprint density at radius 2 is 2.23 bits per heavy atom. The minimum Gasteiger partial charge on any atom is -0.335 e. The molecule has 134 valence electrons. The molecule has 0 aliphatic carbocycles. The van der Waals surface area contributed by atoms with Gasteiger partial charge in [-0.2, -0.15) is 4.39 Å². The molecule has 12 heteroatoms. The Morgan fingerprint density at radius 1 is 1.42 bits per heavy atom. The number of nitrogens with zero attached hydrogens (tertiary/aromatic N) is 4. The van der Waals surface area contributed by atoms with Crippen LogP contribution in [0.4, 0.5) is 15.8 Å². The normalized spacial score (nSPS) is 10.7. The van der Waals surface area contributed by atoms with Gasteiger partial charge < -0.3 is 11.2 Å². The molecule has 2 heterocycles. The van der Waals surface area contributed by atoms with Gasteiger partial charge >= 0.3 is 5.69 Å². The van der Waals surface area contributed by atoms with Crippen LogP contribution in [-0.4, -0.2) is 31.5 Å². The van der Waals surface area contributed by atoms with Crippen molar-refractivity contribution >= 4 is 40.4 Å². The van der Waals surface area contributed by atoms with Crippen LogP contribution in [-0.2, 0) is 4.79 Å². The molecule has 26 heavy (non-hydrogen) atoms. The number of nitrogen functional groups attached to an aromatic ring is 1. The summed E-state index contributed by atoms with van der Waals surface area (Å²) < 4.78 is 14.6. The molecule has 0 radical (unpaired) electrons. The zero-order chi connectivity index (χ0) is 18.7. The minimum absolute atomic E-state index is 0.0506. The van der Waals surface area contributed by atoms with Crippen molar-refractivity contribution in [3.8, 4) is 10.7 Å². The van der Waals surface area contributed by atoms with Crippen molar-refractivity contribution in [2.45, 2.75) is 5.16 Å². The van der Waals surface area contributed by atoms with E-state index in [1.807, 2.05) is 17.5 Å². The molecule has 2 aromatic heterocycles. The fourth-order valence-electron chi connectivity index (χ4n) is 2.01. The molecule has 0 atom stereocenters. The van der Waals surface area contributed by atoms with Crippen molar-refractivity contribution < 1.29 is 14.1 Å². The van der Waals surface area contributed by atoms with Gasteiger partial charge in [-0.15, -0.1) is 21.5 Å². The number of aromatic nitrogens is 3. The van der Waals surface area contributed by atoms with Crippen LogP contribution in [0.1, 0.15) is 0 Å². The Morgan fingerprint density at radius 3 is 2.92 bits per heavy atom. The molecule has 0 unspecified atom stereocenters. The van der Waals surface area contributed by atoms with Crippen molar-refractivity contribution in [2.24, 2.45) is 0 Å². The predicted octanol–water partition coefficient (Wildman–Crippen LogP) is 2.50. The highest BCUT2D eigenvalue weighted by molar-refractivity contribution is 7.99. The first-order valence-electron chi connectivity index (χ1n) is 7.06. The monoisotopic (exact) mass is 394 g/mol. The average Bonchev–Trinajstić information content (AvgIpc) is 3.24. The molecule has 0 aliphatic rings. The van der Waals surface area contributed by atoms with Crippen molar-refractivity contribution in [1.29, 1.82) is 0 Å². The number of carbonyl (C=O) groups excluding carboxylic acids is 1. The summed E-state index contributed by atoms with van der Waals surface area (Å²) in [4.78, 5) is 22.7. The third-order valence-corrected chi connectivity index (χ3v) is 4.97. The van der Waals surface area contributed by atoms with E-state index in [-0.39, 0.29) is 11.4 Å². The number of carbonyl (C=O) groups is 1. The van der Waals surface area contributed by atoms with Crippen LogP contribution in [0.25, 0.3) is 10.7 Å². The van der Waals surface area contributed by atoms with Crippen molar-refractivity contribution in [1.82, 2.24) is 14.9 Å². The maximum atomic E-state index is 13.3. The van der Waals surface area contributed by atoms with Crippen LogP contribution >= 0.6 is 23.1 Å². The highest BCUT2D eigenvalue weighted by Crippen LogP contribution is 2.25. The Bertz CT molecular complexity index is 960. The quantitative estimate of drug-likeness (QED) is 0.284. The number of thioether (sulfide) groups is 1. The number of hydrogen-bond acceptors (Lipinski definition) is 8. The number of hydrogen-bond donors (Lipinski definition) is 2. The maximum absolute atomic E-state index is 13.3. The topological polar surface area (TPSA) is 129 Å². The lowest BCUT2D eigenvalue weighted by atomic mass is 10.2. The van der Waals surface area contributed by atoms with E-state index in [9.17, 15) is 19.3 Å². The molecule has 0 spiro atoms. The van der Waals surface area contributed by atoms with Gasteiger partial charge in [0.2, 0.25) is 16.9 Å². The van der Waals surface area contributed by atoms with Crippen molar-refractivity contribution in [3.05, 3.63) is 51.6 Å². The second-order valence-electron chi connectivity index (χ2n) is 4.91. The van der Waals surface area contributed by atoms with Crippen LogP contribution in [0.2, 0.25) is 0 Å². The van der Waals surface area contributed by atoms with Gasteiger partial charge in [-0.3, -0.25) is 14.9 Å². The third kappa shape index (κ3) is 3.81. The second kappa shape index (κ2) is 7.49. The van der Waals surface area contributed by atoms with E-state index >= 15 is 0 Å². The zero-order valence-corrected chi connectivity index (χ0v) is 14.6. The molecule has 0 aliphatic heterocycles. The zero-order valence-electron chi connectivity index (χ0n) is 13.0. The summed E-state index contributed by atoms with van der Waals surface area (Å²) in [5, 5.41) is 23.3. The van der Waals surface area contributed by atoms with Gasteiger partial charge in [-0.1, -0.05) is 17.8 Å². The van der Waals surface area contributed by atoms with Crippen LogP contribution < -0.4 is 11.2 Å². The van der Waals surface area contributed by atoms with Crippen molar-refractivity contribution in [3.63, 3.8) is 0 Å². The third-order valence-electron chi connectivity index (χ3n) is 3.17. The number of nitro benzene ring substituents is 1. The van der Waals surface area contributed by atoms with Gasteiger partial charge in [0.15, 0.2) is 5.82 Å². The van der Waals surface area contributed by atoms with Gasteiger partial charge in [0, 0.05) is 11.8 Å². The Kier molecular flexibility index (Phi) is 5.14. The molecule has 0 bridgehead atoms. The van der Waals surface area contributed by atoms with E-state index in [1.54, 1.807) is 0 Å². The van der Waals surface area contributed by atoms with E-state index in [4.69, 9.17) is 5.84 Å². The largest absolute Gasteiger partial charge is 0.335 e. The van der Waals surface area contributed by atoms with Crippen LogP contribution in [0.3, 0.4) is 0 Å². The Labute approximate surface area is 154 Å². The summed E-state index contributed by atoms with van der Waals surface area (Å²) in [7, 11) is 0. The van der Waals surface area contributed by atoms with Gasteiger partial charge in [-0.05, 0) is 23.6 Å². The van der Waals surface area contributed by atoms with E-state index < -0.39 is 22.3 Å². The summed E-state index contributed by atoms with van der Waals surface area (Å²) in [5.41, 5.74) is -0.588. The van der Waals surface area contributed by atoms with E-state index in [0.717, 1.165) is 28.8 Å². The Balaban J connectivity index is 1.63. The van der Waals surface area contributed by atoms with E-state index in [1.165, 1.54) is 22.1 Å². The Hall–Kier alpha value is -2.99. The predicted molar refractivity (Wildman–Crippen MR) is 95.9 cm³/mol. The smallest absolute Gasteiger partial charge is 0.306 e. The number of nitro groups is 1. The SMILES string of the molecule is Nn1c(SCC(=O)Nc2ccc(F)c([N+](=O)[O-])c2)nnc1-c1cccs1. The van der Waals surface area contributed by atoms with E-state index in [2.05, 4.69) is 15.5 Å². The van der Waals surface area contributed by atoms with Crippen molar-refractivity contribution in [2.75, 3.05) is 16.9 Å². The standard InChI is InChI=1S/C14H11FN6O3S2/c15-9-4-3-8(6-10(9)21(23)24)17-12(22)7-26-14-19-18-13(20(14)16)11-2-1-5-25-11/h1-6H,7,16H2,(H,17,22). The molecule has 1 aromatic carbocycles. The molecular formula is C14H11FN6O3S2. The summed E-state index contributed by atoms with van der Waals surface area (Å²) in [5.74, 6) is 4.94. The molecule has 9 nitrogen and oxygen atoms in total. The second-order valence-corrected chi connectivity index (χ2v) is 6.80. The van der Waals surface area contributed by atoms with Gasteiger partial charge in [-0.25, -0.2) is 4.68 Å². The number of amides is 1. The first-order valence-corrected chi connectivity index (χ1v) is 8.93. The average molecular weight is 394 g/mol. The number of benzene rings is 1. The highest BCUT2D eigenvalue weighted by Gasteiger charge is 2.17. The molecular weight excluding hydrogens is 383 g/mol. The van der Waals surface area contributed by atoms with Gasteiger partial charge in [0.1, 0.15) is 0 Å². The molecule has 0 fully saturated rings. The molecule has 1 amide bonds. The number of thiophene rings is 1. The summed E-state index contributed by atoms with van der Waals surface area (Å²) in [6.45, 7) is 0. The first kappa shape index (κ1) is 17.8. The van der Waals surface area contributed by atoms with Crippen LogP contribution in [0.5, 0.6) is 0 Å². The molecule has 3 aromatic rings. The molecule has 0 saturated carbocycles. The fraction of sp³-hybridized carbons (Fsp3) is 0.0714. The van der Waals surface area contributed by atoms with Crippen LogP contribution in [0, 0.1) is 15.9 Å². The molecule has 3 N–H and O–H groups in total. The number of rotatable bonds is 6. The number of anilines is 1. The number of nitrogens with one attached hydrogen (secondary N) is 1. The van der Waals surface area contributed by atoms with Gasteiger partial charge in [0.25, 0.3) is 0 Å². The minimum atomic E-state index is -0.972. The summed E-state index contributed by atoms with van der Waals surface area (Å²) >= 11 is 2.51. The number of halogens is 1.